The van der Waals surface area contributed by atoms with Crippen LogP contribution in [-0.2, 0) is 0 Å². The molecule has 2 aromatic heterocycles. The summed E-state index contributed by atoms with van der Waals surface area (Å²) in [4.78, 5) is 7.64. The summed E-state index contributed by atoms with van der Waals surface area (Å²) in [6.07, 6.45) is 4.35. The van der Waals surface area contributed by atoms with E-state index in [0.717, 1.165) is 18.9 Å². The van der Waals surface area contributed by atoms with E-state index in [1.807, 2.05) is 6.20 Å². The van der Waals surface area contributed by atoms with Gasteiger partial charge in [0.15, 0.2) is 0 Å². The molecule has 0 saturated carbocycles. The first-order valence-corrected chi connectivity index (χ1v) is 7.35. The summed E-state index contributed by atoms with van der Waals surface area (Å²) in [5, 5.41) is 3.45. The highest BCUT2D eigenvalue weighted by Crippen LogP contribution is 2.30. The quantitative estimate of drug-likeness (QED) is 0.747. The van der Waals surface area contributed by atoms with Gasteiger partial charge in [-0.25, -0.2) is 4.98 Å². The van der Waals surface area contributed by atoms with Crippen LogP contribution in [0.15, 0.2) is 23.7 Å². The molecule has 16 heavy (non-hydrogen) atoms. The fourth-order valence-corrected chi connectivity index (χ4v) is 3.38. The molecule has 0 aliphatic carbocycles. The molecular weight excluding hydrogens is 284 g/mol. The SMILES string of the molecule is BrC1CCN(c2nccc3sccc23)CC1. The standard InChI is InChI=1S/C12H13BrN2S/c13-9-2-6-15(7-3-9)12-10-4-8-16-11(10)1-5-14-12/h1,4-5,8-9H,2-3,6-7H2. The van der Waals surface area contributed by atoms with Gasteiger partial charge in [-0.3, -0.25) is 0 Å². The van der Waals surface area contributed by atoms with Gasteiger partial charge in [0.1, 0.15) is 5.82 Å². The van der Waals surface area contributed by atoms with Gasteiger partial charge in [-0.2, -0.15) is 0 Å². The van der Waals surface area contributed by atoms with Gasteiger partial charge in [0.05, 0.1) is 0 Å². The van der Waals surface area contributed by atoms with Crippen LogP contribution in [0.1, 0.15) is 12.8 Å². The van der Waals surface area contributed by atoms with Crippen molar-refractivity contribution in [2.45, 2.75) is 17.7 Å². The second kappa shape index (κ2) is 4.34. The summed E-state index contributed by atoms with van der Waals surface area (Å²) >= 11 is 5.48. The highest BCUT2D eigenvalue weighted by Gasteiger charge is 2.19. The molecule has 4 heteroatoms. The Labute approximate surface area is 107 Å². The molecule has 0 spiro atoms. The van der Waals surface area contributed by atoms with Crippen LogP contribution in [0.5, 0.6) is 0 Å². The zero-order chi connectivity index (χ0) is 11.0. The van der Waals surface area contributed by atoms with Gasteiger partial charge in [-0.15, -0.1) is 11.3 Å². The maximum atomic E-state index is 4.55. The molecule has 3 heterocycles. The third-order valence-corrected chi connectivity index (χ3v) is 4.88. The first-order valence-electron chi connectivity index (χ1n) is 5.56. The van der Waals surface area contributed by atoms with Crippen molar-refractivity contribution < 1.29 is 0 Å². The number of fused-ring (bicyclic) bond motifs is 1. The Morgan fingerprint density at radius 3 is 2.94 bits per heavy atom. The summed E-state index contributed by atoms with van der Waals surface area (Å²) < 4.78 is 1.34. The molecule has 1 saturated heterocycles. The van der Waals surface area contributed by atoms with Crippen molar-refractivity contribution in [1.82, 2.24) is 4.98 Å². The number of piperidine rings is 1. The van der Waals surface area contributed by atoms with Crippen LogP contribution < -0.4 is 4.90 Å². The Hall–Kier alpha value is -0.610. The van der Waals surface area contributed by atoms with E-state index in [9.17, 15) is 0 Å². The first kappa shape index (κ1) is 10.5. The fourth-order valence-electron chi connectivity index (χ4n) is 2.19. The molecule has 0 unspecified atom stereocenters. The molecule has 0 atom stereocenters. The van der Waals surface area contributed by atoms with Crippen molar-refractivity contribution in [2.75, 3.05) is 18.0 Å². The van der Waals surface area contributed by atoms with E-state index >= 15 is 0 Å². The van der Waals surface area contributed by atoms with Gasteiger partial charge in [-0.1, -0.05) is 15.9 Å². The third kappa shape index (κ3) is 1.84. The van der Waals surface area contributed by atoms with E-state index in [0.29, 0.717) is 4.83 Å². The molecule has 1 aliphatic heterocycles. The van der Waals surface area contributed by atoms with Gasteiger partial charge >= 0.3 is 0 Å². The molecule has 2 nitrogen and oxygen atoms in total. The van der Waals surface area contributed by atoms with Crippen molar-refractivity contribution in [3.63, 3.8) is 0 Å². The predicted octanol–water partition coefficient (Wildman–Crippen LogP) is 3.66. The number of alkyl halides is 1. The number of thiophene rings is 1. The van der Waals surface area contributed by atoms with Crippen molar-refractivity contribution in [3.05, 3.63) is 23.7 Å². The molecule has 3 rings (SSSR count). The van der Waals surface area contributed by atoms with Crippen LogP contribution in [0.4, 0.5) is 5.82 Å². The number of pyridine rings is 1. The minimum atomic E-state index is 0.686. The lowest BCUT2D eigenvalue weighted by Gasteiger charge is -2.30. The van der Waals surface area contributed by atoms with Gasteiger partial charge in [0.25, 0.3) is 0 Å². The van der Waals surface area contributed by atoms with Gasteiger partial charge in [0.2, 0.25) is 0 Å². The van der Waals surface area contributed by atoms with Crippen LogP contribution in [0.25, 0.3) is 10.1 Å². The van der Waals surface area contributed by atoms with E-state index in [1.165, 1.54) is 22.9 Å². The molecule has 0 radical (unpaired) electrons. The lowest BCUT2D eigenvalue weighted by molar-refractivity contribution is 0.594. The number of rotatable bonds is 1. The highest BCUT2D eigenvalue weighted by molar-refractivity contribution is 9.09. The molecule has 0 amide bonds. The molecule has 2 aromatic rings. The zero-order valence-electron chi connectivity index (χ0n) is 8.90. The summed E-state index contributed by atoms with van der Waals surface area (Å²) in [5.74, 6) is 1.16. The highest BCUT2D eigenvalue weighted by atomic mass is 79.9. The second-order valence-corrected chi connectivity index (χ2v) is 6.37. The van der Waals surface area contributed by atoms with E-state index in [4.69, 9.17) is 0 Å². The Bertz CT molecular complexity index is 488. The third-order valence-electron chi connectivity index (χ3n) is 3.08. The maximum Gasteiger partial charge on any atom is 0.137 e. The molecule has 1 aliphatic rings. The Morgan fingerprint density at radius 2 is 2.12 bits per heavy atom. The number of halogens is 1. The second-order valence-electron chi connectivity index (χ2n) is 4.13. The number of nitrogens with zero attached hydrogens (tertiary/aromatic N) is 2. The predicted molar refractivity (Wildman–Crippen MR) is 73.8 cm³/mol. The smallest absolute Gasteiger partial charge is 0.137 e. The minimum absolute atomic E-state index is 0.686. The van der Waals surface area contributed by atoms with Crippen LogP contribution in [0, 0.1) is 0 Å². The van der Waals surface area contributed by atoms with Crippen molar-refractivity contribution >= 4 is 43.2 Å². The normalized spacial score (nSPS) is 18.2. The van der Waals surface area contributed by atoms with Gasteiger partial charge in [-0.05, 0) is 30.4 Å². The molecule has 0 aromatic carbocycles. The summed E-state index contributed by atoms with van der Waals surface area (Å²) in [6.45, 7) is 2.22. The number of hydrogen-bond acceptors (Lipinski definition) is 3. The Kier molecular flexibility index (Phi) is 2.86. The summed E-state index contributed by atoms with van der Waals surface area (Å²) in [5.41, 5.74) is 0. The minimum Gasteiger partial charge on any atom is -0.356 e. The largest absolute Gasteiger partial charge is 0.356 e. The molecular formula is C12H13BrN2S. The van der Waals surface area contributed by atoms with Crippen LogP contribution >= 0.6 is 27.3 Å². The zero-order valence-corrected chi connectivity index (χ0v) is 11.3. The lowest BCUT2D eigenvalue weighted by atomic mass is 10.1. The fraction of sp³-hybridized carbons (Fsp3) is 0.417. The average Bonchev–Trinajstić information content (AvgIpc) is 2.78. The van der Waals surface area contributed by atoms with E-state index < -0.39 is 0 Å². The number of anilines is 1. The molecule has 1 fully saturated rings. The van der Waals surface area contributed by atoms with Crippen molar-refractivity contribution in [3.8, 4) is 0 Å². The van der Waals surface area contributed by atoms with Crippen molar-refractivity contribution in [1.29, 1.82) is 0 Å². The Morgan fingerprint density at radius 1 is 1.31 bits per heavy atom. The van der Waals surface area contributed by atoms with Crippen LogP contribution in [0.3, 0.4) is 0 Å². The molecule has 0 bridgehead atoms. The number of aromatic nitrogens is 1. The summed E-state index contributed by atoms with van der Waals surface area (Å²) in [6, 6.07) is 4.28. The molecule has 0 N–H and O–H groups in total. The maximum absolute atomic E-state index is 4.55. The number of hydrogen-bond donors (Lipinski definition) is 0. The monoisotopic (exact) mass is 296 g/mol. The Balaban J connectivity index is 1.96. The molecule has 84 valence electrons. The van der Waals surface area contributed by atoms with Gasteiger partial charge in [0, 0.05) is 34.2 Å². The van der Waals surface area contributed by atoms with Crippen LogP contribution in [-0.4, -0.2) is 22.9 Å². The van der Waals surface area contributed by atoms with Crippen LogP contribution in [0.2, 0.25) is 0 Å². The van der Waals surface area contributed by atoms with E-state index in [1.54, 1.807) is 11.3 Å². The lowest BCUT2D eigenvalue weighted by Crippen LogP contribution is -2.34. The van der Waals surface area contributed by atoms with E-state index in [2.05, 4.69) is 43.3 Å². The van der Waals surface area contributed by atoms with Crippen molar-refractivity contribution in [2.24, 2.45) is 0 Å². The summed E-state index contributed by atoms with van der Waals surface area (Å²) in [7, 11) is 0. The first-order chi connectivity index (χ1) is 7.84. The van der Waals surface area contributed by atoms with E-state index in [-0.39, 0.29) is 0 Å². The average molecular weight is 297 g/mol. The van der Waals surface area contributed by atoms with Gasteiger partial charge < -0.3 is 4.90 Å². The topological polar surface area (TPSA) is 16.1 Å².